The summed E-state index contributed by atoms with van der Waals surface area (Å²) in [5.41, 5.74) is 0. The van der Waals surface area contributed by atoms with Gasteiger partial charge in [0.25, 0.3) is 0 Å². The van der Waals surface area contributed by atoms with Crippen molar-refractivity contribution in [2.24, 2.45) is 0 Å². The predicted molar refractivity (Wildman–Crippen MR) is 117 cm³/mol. The van der Waals surface area contributed by atoms with Crippen LogP contribution in [0.2, 0.25) is 0 Å². The summed E-state index contributed by atoms with van der Waals surface area (Å²) in [5.74, 6) is -0.928. The molecule has 1 aliphatic rings. The van der Waals surface area contributed by atoms with Crippen molar-refractivity contribution in [1.82, 2.24) is 0 Å². The zero-order valence-electron chi connectivity index (χ0n) is 19.3. The van der Waals surface area contributed by atoms with E-state index in [0.717, 1.165) is 4.48 Å². The van der Waals surface area contributed by atoms with Gasteiger partial charge in [-0.25, -0.2) is 0 Å². The summed E-state index contributed by atoms with van der Waals surface area (Å²) in [6.07, 6.45) is 20.1. The van der Waals surface area contributed by atoms with Gasteiger partial charge in [-0.15, -0.1) is 0 Å². The zero-order chi connectivity index (χ0) is 21.5. The molecule has 3 atom stereocenters. The standard InChI is InChI=1S/C19H42N.C3H7O4P/c1-5-6-7-8-9-10-11-12-13-14-15-16-17-18-19-20(2,3)4;1-2-3(7-2)8(4,5)6/h5-19H2,1-4H3;2-3H,1H3,(H2,4,5,6)/q+1;/p-1/t;2-,3+/m.0/s1. The average Bonchev–Trinajstić information content (AvgIpc) is 3.32. The zero-order valence-corrected chi connectivity index (χ0v) is 20.2. The van der Waals surface area contributed by atoms with Gasteiger partial charge in [-0.3, -0.25) is 0 Å². The number of quaternary nitrogens is 1. The Morgan fingerprint density at radius 1 is 0.821 bits per heavy atom. The molecule has 0 bridgehead atoms. The van der Waals surface area contributed by atoms with Crippen molar-refractivity contribution < 1.29 is 23.6 Å². The molecule has 170 valence electrons. The summed E-state index contributed by atoms with van der Waals surface area (Å²) in [7, 11) is 2.73. The van der Waals surface area contributed by atoms with Crippen LogP contribution in [-0.4, -0.2) is 49.0 Å². The molecule has 1 heterocycles. The van der Waals surface area contributed by atoms with E-state index in [-0.39, 0.29) is 6.10 Å². The Morgan fingerprint density at radius 3 is 1.36 bits per heavy atom. The maximum atomic E-state index is 10.1. The van der Waals surface area contributed by atoms with Gasteiger partial charge < -0.3 is 23.6 Å². The fraction of sp³-hybridized carbons (Fsp3) is 1.00. The molecule has 0 radical (unpaired) electrons. The van der Waals surface area contributed by atoms with E-state index in [4.69, 9.17) is 4.89 Å². The maximum absolute atomic E-state index is 10.1. The van der Waals surface area contributed by atoms with E-state index < -0.39 is 13.4 Å². The number of epoxide rings is 1. The molecule has 6 heteroatoms. The first kappa shape index (κ1) is 28.1. The van der Waals surface area contributed by atoms with Gasteiger partial charge in [0.15, 0.2) is 7.60 Å². The lowest BCUT2D eigenvalue weighted by Gasteiger charge is -2.23. The largest absolute Gasteiger partial charge is 0.777 e. The average molecular weight is 422 g/mol. The molecule has 1 fully saturated rings. The molecule has 1 rings (SSSR count). The van der Waals surface area contributed by atoms with Crippen LogP contribution >= 0.6 is 7.60 Å². The van der Waals surface area contributed by atoms with Crippen LogP contribution in [-0.2, 0) is 9.30 Å². The number of rotatable bonds is 16. The highest BCUT2D eigenvalue weighted by atomic mass is 31.2. The minimum absolute atomic E-state index is 0.316. The van der Waals surface area contributed by atoms with Crippen molar-refractivity contribution in [3.05, 3.63) is 0 Å². The first-order valence-electron chi connectivity index (χ1n) is 11.6. The molecule has 0 aliphatic carbocycles. The first-order chi connectivity index (χ1) is 13.1. The molecular formula is C22H48NO4P. The Labute approximate surface area is 175 Å². The van der Waals surface area contributed by atoms with Crippen LogP contribution < -0.4 is 4.89 Å². The SMILES string of the molecule is CCCCCCCCCCCCCCCC[N+](C)(C)C.C[C@@H]1O[C@@H]1P(=O)([O-])O. The van der Waals surface area contributed by atoms with Gasteiger partial charge in [-0.1, -0.05) is 84.0 Å². The number of nitrogens with zero attached hydrogens (tertiary/aromatic N) is 1. The van der Waals surface area contributed by atoms with Crippen LogP contribution in [0.25, 0.3) is 0 Å². The first-order valence-corrected chi connectivity index (χ1v) is 13.2. The van der Waals surface area contributed by atoms with Crippen LogP contribution in [0.5, 0.6) is 0 Å². The second-order valence-corrected chi connectivity index (χ2v) is 11.0. The Bertz CT molecular complexity index is 406. The van der Waals surface area contributed by atoms with Crippen molar-refractivity contribution >= 4 is 7.60 Å². The number of hydrogen-bond donors (Lipinski definition) is 1. The normalized spacial score (nSPS) is 21.0. The smallest absolute Gasteiger partial charge is 0.163 e. The third kappa shape index (κ3) is 19.4. The van der Waals surface area contributed by atoms with Crippen LogP contribution in [0.15, 0.2) is 0 Å². The number of ether oxygens (including phenoxy) is 1. The van der Waals surface area contributed by atoms with Crippen molar-refractivity contribution in [3.63, 3.8) is 0 Å². The van der Waals surface area contributed by atoms with E-state index in [2.05, 4.69) is 32.8 Å². The van der Waals surface area contributed by atoms with E-state index in [9.17, 15) is 9.46 Å². The van der Waals surface area contributed by atoms with Gasteiger partial charge in [-0.2, -0.15) is 0 Å². The molecule has 0 saturated carbocycles. The maximum Gasteiger partial charge on any atom is 0.163 e. The van der Waals surface area contributed by atoms with Crippen LogP contribution in [0, 0.1) is 0 Å². The Hall–Kier alpha value is 0.0700. The highest BCUT2D eigenvalue weighted by Crippen LogP contribution is 2.49. The van der Waals surface area contributed by atoms with E-state index in [0.29, 0.717) is 0 Å². The summed E-state index contributed by atoms with van der Waals surface area (Å²) in [4.78, 5) is 18.3. The number of unbranched alkanes of at least 4 members (excludes halogenated alkanes) is 13. The number of hydrogen-bond acceptors (Lipinski definition) is 3. The quantitative estimate of drug-likeness (QED) is 0.156. The van der Waals surface area contributed by atoms with E-state index in [1.165, 1.54) is 96.4 Å². The van der Waals surface area contributed by atoms with Crippen molar-refractivity contribution in [2.45, 2.75) is 116 Å². The Morgan fingerprint density at radius 2 is 1.14 bits per heavy atom. The molecule has 28 heavy (non-hydrogen) atoms. The van der Waals surface area contributed by atoms with Gasteiger partial charge in [-0.05, 0) is 19.8 Å². The van der Waals surface area contributed by atoms with Crippen LogP contribution in [0.1, 0.15) is 104 Å². The molecule has 1 N–H and O–H groups in total. The van der Waals surface area contributed by atoms with E-state index in [1.807, 2.05) is 0 Å². The topological polar surface area (TPSA) is 72.9 Å². The molecule has 0 aromatic rings. The highest BCUT2D eigenvalue weighted by Gasteiger charge is 2.42. The third-order valence-electron chi connectivity index (χ3n) is 5.18. The summed E-state index contributed by atoms with van der Waals surface area (Å²) >= 11 is 0. The molecule has 1 saturated heterocycles. The lowest BCUT2D eigenvalue weighted by molar-refractivity contribution is -0.870. The molecule has 0 amide bonds. The molecule has 5 nitrogen and oxygen atoms in total. The summed E-state index contributed by atoms with van der Waals surface area (Å²) < 4.78 is 15.6. The monoisotopic (exact) mass is 421 g/mol. The van der Waals surface area contributed by atoms with Gasteiger partial charge in [0.05, 0.1) is 33.8 Å². The molecular weight excluding hydrogens is 373 g/mol. The minimum Gasteiger partial charge on any atom is -0.777 e. The molecule has 1 unspecified atom stereocenters. The summed E-state index contributed by atoms with van der Waals surface area (Å²) in [5, 5.41) is 0. The lowest BCUT2D eigenvalue weighted by atomic mass is 10.0. The predicted octanol–water partition coefficient (Wildman–Crippen LogP) is 5.45. The van der Waals surface area contributed by atoms with Crippen molar-refractivity contribution in [2.75, 3.05) is 27.7 Å². The lowest BCUT2D eigenvalue weighted by Crippen LogP contribution is -2.35. The fourth-order valence-corrected chi connectivity index (χ4v) is 4.17. The fourth-order valence-electron chi connectivity index (χ4n) is 3.30. The highest BCUT2D eigenvalue weighted by molar-refractivity contribution is 7.51. The summed E-state index contributed by atoms with van der Waals surface area (Å²) in [6.45, 7) is 5.21. The molecule has 0 spiro atoms. The van der Waals surface area contributed by atoms with Gasteiger partial charge in [0.2, 0.25) is 0 Å². The van der Waals surface area contributed by atoms with Gasteiger partial charge in [0.1, 0.15) is 5.85 Å². The minimum atomic E-state index is -4.15. The van der Waals surface area contributed by atoms with Crippen molar-refractivity contribution in [3.8, 4) is 0 Å². The Kier molecular flexibility index (Phi) is 15.9. The van der Waals surface area contributed by atoms with Crippen molar-refractivity contribution in [1.29, 1.82) is 0 Å². The second-order valence-electron chi connectivity index (χ2n) is 9.41. The molecule has 0 aromatic carbocycles. The van der Waals surface area contributed by atoms with Crippen LogP contribution in [0.3, 0.4) is 0 Å². The second kappa shape index (κ2) is 15.8. The van der Waals surface area contributed by atoms with Crippen LogP contribution in [0.4, 0.5) is 0 Å². The molecule has 0 aromatic heterocycles. The van der Waals surface area contributed by atoms with E-state index >= 15 is 0 Å². The third-order valence-corrected chi connectivity index (χ3v) is 6.37. The van der Waals surface area contributed by atoms with E-state index in [1.54, 1.807) is 6.92 Å². The Balaban J connectivity index is 0.000000749. The summed E-state index contributed by atoms with van der Waals surface area (Å²) in [6, 6.07) is 0. The van der Waals surface area contributed by atoms with Gasteiger partial charge >= 0.3 is 0 Å². The van der Waals surface area contributed by atoms with Gasteiger partial charge in [0, 0.05) is 0 Å². The molecule has 1 aliphatic heterocycles.